The van der Waals surface area contributed by atoms with Gasteiger partial charge in [0.25, 0.3) is 0 Å². The van der Waals surface area contributed by atoms with E-state index < -0.39 is 0 Å². The molecule has 0 saturated carbocycles. The third kappa shape index (κ3) is 3.36. The molecule has 1 aromatic carbocycles. The van der Waals surface area contributed by atoms with Crippen LogP contribution in [0.4, 0.5) is 5.69 Å². The lowest BCUT2D eigenvalue weighted by Gasteiger charge is -2.12. The van der Waals surface area contributed by atoms with Crippen molar-refractivity contribution in [2.24, 2.45) is 5.73 Å². The zero-order chi connectivity index (χ0) is 10.4. The molecule has 14 heavy (non-hydrogen) atoms. The van der Waals surface area contributed by atoms with Crippen LogP contribution in [-0.4, -0.2) is 27.2 Å². The summed E-state index contributed by atoms with van der Waals surface area (Å²) in [4.78, 5) is 2.09. The molecule has 0 bridgehead atoms. The summed E-state index contributed by atoms with van der Waals surface area (Å²) in [6, 6.07) is 8.52. The smallest absolute Gasteiger partial charge is 0.0361 e. The van der Waals surface area contributed by atoms with Crippen molar-refractivity contribution in [2.45, 2.75) is 6.54 Å². The summed E-state index contributed by atoms with van der Waals surface area (Å²) in [5, 5.41) is 3.26. The number of hydrogen-bond donors (Lipinski definition) is 2. The average molecular weight is 193 g/mol. The molecule has 3 N–H and O–H groups in total. The normalized spacial score (nSPS) is 10.2. The van der Waals surface area contributed by atoms with E-state index >= 15 is 0 Å². The molecule has 0 unspecified atom stereocenters. The Labute approximate surface area is 85.9 Å². The first-order chi connectivity index (χ1) is 6.74. The van der Waals surface area contributed by atoms with Crippen LogP contribution in [0.15, 0.2) is 24.3 Å². The van der Waals surface area contributed by atoms with E-state index in [1.165, 1.54) is 11.3 Å². The number of nitrogens with one attached hydrogen (secondary N) is 1. The Bertz CT molecular complexity index is 254. The van der Waals surface area contributed by atoms with Gasteiger partial charge in [0, 0.05) is 39.4 Å². The molecule has 0 fully saturated rings. The van der Waals surface area contributed by atoms with Gasteiger partial charge in [-0.25, -0.2) is 0 Å². The molecular formula is C11H19N3. The van der Waals surface area contributed by atoms with E-state index in [0.29, 0.717) is 6.54 Å². The van der Waals surface area contributed by atoms with E-state index in [1.54, 1.807) is 0 Å². The minimum absolute atomic E-state index is 0.690. The first kappa shape index (κ1) is 11.0. The third-order valence-corrected chi connectivity index (χ3v) is 2.10. The number of rotatable bonds is 5. The van der Waals surface area contributed by atoms with E-state index in [-0.39, 0.29) is 0 Å². The lowest BCUT2D eigenvalue weighted by molar-refractivity contribution is 0.695. The molecule has 78 valence electrons. The Morgan fingerprint density at radius 1 is 1.21 bits per heavy atom. The Balaban J connectivity index is 2.47. The largest absolute Gasteiger partial charge is 0.378 e. The van der Waals surface area contributed by atoms with Crippen molar-refractivity contribution < 1.29 is 0 Å². The van der Waals surface area contributed by atoms with Gasteiger partial charge in [-0.2, -0.15) is 0 Å². The highest BCUT2D eigenvalue weighted by Crippen LogP contribution is 2.11. The number of hydrogen-bond acceptors (Lipinski definition) is 3. The van der Waals surface area contributed by atoms with Crippen LogP contribution in [0, 0.1) is 0 Å². The molecule has 0 radical (unpaired) electrons. The molecule has 0 aliphatic heterocycles. The second-order valence-electron chi connectivity index (χ2n) is 3.53. The average Bonchev–Trinajstić information content (AvgIpc) is 2.19. The van der Waals surface area contributed by atoms with Crippen LogP contribution < -0.4 is 16.0 Å². The van der Waals surface area contributed by atoms with E-state index in [2.05, 4.69) is 34.5 Å². The van der Waals surface area contributed by atoms with Gasteiger partial charge in [-0.05, 0) is 17.7 Å². The van der Waals surface area contributed by atoms with Crippen LogP contribution in [0.3, 0.4) is 0 Å². The molecule has 0 amide bonds. The van der Waals surface area contributed by atoms with Gasteiger partial charge in [0.1, 0.15) is 0 Å². The van der Waals surface area contributed by atoms with Gasteiger partial charge in [-0.3, -0.25) is 0 Å². The fraction of sp³-hybridized carbons (Fsp3) is 0.455. The number of anilines is 1. The van der Waals surface area contributed by atoms with Crippen molar-refractivity contribution in [1.29, 1.82) is 0 Å². The molecule has 3 heteroatoms. The van der Waals surface area contributed by atoms with Gasteiger partial charge in [0.2, 0.25) is 0 Å². The van der Waals surface area contributed by atoms with Crippen LogP contribution >= 0.6 is 0 Å². The van der Waals surface area contributed by atoms with Gasteiger partial charge >= 0.3 is 0 Å². The summed E-state index contributed by atoms with van der Waals surface area (Å²) in [5.74, 6) is 0. The van der Waals surface area contributed by atoms with Gasteiger partial charge in [-0.1, -0.05) is 12.1 Å². The Morgan fingerprint density at radius 2 is 1.86 bits per heavy atom. The zero-order valence-corrected chi connectivity index (χ0v) is 8.96. The van der Waals surface area contributed by atoms with E-state index in [9.17, 15) is 0 Å². The Morgan fingerprint density at radius 3 is 2.36 bits per heavy atom. The lowest BCUT2D eigenvalue weighted by Crippen LogP contribution is -2.21. The number of benzene rings is 1. The molecule has 3 nitrogen and oxygen atoms in total. The summed E-state index contributed by atoms with van der Waals surface area (Å²) in [5.41, 5.74) is 7.91. The maximum Gasteiger partial charge on any atom is 0.0361 e. The van der Waals surface area contributed by atoms with Gasteiger partial charge in [0.05, 0.1) is 0 Å². The van der Waals surface area contributed by atoms with Crippen molar-refractivity contribution in [1.82, 2.24) is 5.32 Å². The second-order valence-corrected chi connectivity index (χ2v) is 3.53. The molecule has 1 rings (SSSR count). The number of nitrogens with two attached hydrogens (primary N) is 1. The molecule has 0 spiro atoms. The molecular weight excluding hydrogens is 174 g/mol. The zero-order valence-electron chi connectivity index (χ0n) is 8.96. The molecule has 0 aliphatic carbocycles. The van der Waals surface area contributed by atoms with Crippen molar-refractivity contribution in [3.8, 4) is 0 Å². The Hall–Kier alpha value is -1.06. The third-order valence-electron chi connectivity index (χ3n) is 2.10. The molecule has 0 heterocycles. The van der Waals surface area contributed by atoms with Gasteiger partial charge in [0.15, 0.2) is 0 Å². The van der Waals surface area contributed by atoms with Crippen LogP contribution in [0.2, 0.25) is 0 Å². The van der Waals surface area contributed by atoms with Crippen molar-refractivity contribution >= 4 is 5.69 Å². The summed E-state index contributed by atoms with van der Waals surface area (Å²) in [6.45, 7) is 2.45. The molecule has 0 aliphatic rings. The molecule has 0 saturated heterocycles. The molecule has 0 atom stereocenters. The van der Waals surface area contributed by atoms with Crippen LogP contribution in [0.1, 0.15) is 5.56 Å². The predicted molar refractivity (Wildman–Crippen MR) is 61.5 cm³/mol. The minimum Gasteiger partial charge on any atom is -0.378 e. The summed E-state index contributed by atoms with van der Waals surface area (Å²) in [7, 11) is 4.09. The summed E-state index contributed by atoms with van der Waals surface area (Å²) >= 11 is 0. The van der Waals surface area contributed by atoms with E-state index in [0.717, 1.165) is 13.1 Å². The lowest BCUT2D eigenvalue weighted by atomic mass is 10.2. The fourth-order valence-electron chi connectivity index (χ4n) is 1.25. The number of nitrogens with zero attached hydrogens (tertiary/aromatic N) is 1. The monoisotopic (exact) mass is 193 g/mol. The van der Waals surface area contributed by atoms with Crippen LogP contribution in [0.25, 0.3) is 0 Å². The first-order valence-corrected chi connectivity index (χ1v) is 4.91. The summed E-state index contributed by atoms with van der Waals surface area (Å²) < 4.78 is 0. The van der Waals surface area contributed by atoms with Crippen molar-refractivity contribution in [3.05, 3.63) is 29.8 Å². The molecule has 1 aromatic rings. The minimum atomic E-state index is 0.690. The van der Waals surface area contributed by atoms with Crippen LogP contribution in [0.5, 0.6) is 0 Å². The topological polar surface area (TPSA) is 41.3 Å². The standard InChI is InChI=1S/C11H19N3/c1-14(2)11-5-3-10(4-6-11)9-13-8-7-12/h3-6,13H,7-9,12H2,1-2H3. The fourth-order valence-corrected chi connectivity index (χ4v) is 1.25. The van der Waals surface area contributed by atoms with Crippen molar-refractivity contribution in [3.63, 3.8) is 0 Å². The highest BCUT2D eigenvalue weighted by Gasteiger charge is 1.95. The van der Waals surface area contributed by atoms with Crippen LogP contribution in [-0.2, 0) is 6.54 Å². The highest BCUT2D eigenvalue weighted by molar-refractivity contribution is 5.45. The van der Waals surface area contributed by atoms with E-state index in [1.807, 2.05) is 14.1 Å². The maximum atomic E-state index is 5.39. The SMILES string of the molecule is CN(C)c1ccc(CNCCN)cc1. The quantitative estimate of drug-likeness (QED) is 0.680. The maximum absolute atomic E-state index is 5.39. The highest BCUT2D eigenvalue weighted by atomic mass is 15.1. The van der Waals surface area contributed by atoms with Gasteiger partial charge in [-0.15, -0.1) is 0 Å². The second kappa shape index (κ2) is 5.62. The Kier molecular flexibility index (Phi) is 4.43. The first-order valence-electron chi connectivity index (χ1n) is 4.91. The van der Waals surface area contributed by atoms with Crippen molar-refractivity contribution in [2.75, 3.05) is 32.1 Å². The predicted octanol–water partition coefficient (Wildman–Crippen LogP) is 0.801. The molecule has 0 aromatic heterocycles. The van der Waals surface area contributed by atoms with Gasteiger partial charge < -0.3 is 16.0 Å². The summed E-state index contributed by atoms with van der Waals surface area (Å²) in [6.07, 6.45) is 0. The van der Waals surface area contributed by atoms with E-state index in [4.69, 9.17) is 5.73 Å².